The number of fused-ring (bicyclic) bond motifs is 1. The molecule has 2 aromatic rings. The first-order valence-electron chi connectivity index (χ1n) is 7.45. The highest BCUT2D eigenvalue weighted by atomic mass is 32.2. The Kier molecular flexibility index (Phi) is 4.61. The van der Waals surface area contributed by atoms with Gasteiger partial charge in [0.1, 0.15) is 14.8 Å². The van der Waals surface area contributed by atoms with E-state index in [0.717, 1.165) is 23.4 Å². The maximum atomic E-state index is 11.7. The van der Waals surface area contributed by atoms with Crippen LogP contribution in [0.3, 0.4) is 0 Å². The van der Waals surface area contributed by atoms with Crippen LogP contribution in [0.15, 0.2) is 30.3 Å². The molecule has 1 aromatic carbocycles. The lowest BCUT2D eigenvalue weighted by molar-refractivity contribution is 0.549. The van der Waals surface area contributed by atoms with Gasteiger partial charge in [-0.15, -0.1) is 11.3 Å². The van der Waals surface area contributed by atoms with Gasteiger partial charge in [-0.3, -0.25) is 0 Å². The number of sulfone groups is 1. The quantitative estimate of drug-likeness (QED) is 0.880. The number of nitrogens with one attached hydrogen (secondary N) is 1. The molecule has 0 saturated carbocycles. The lowest BCUT2D eigenvalue weighted by Crippen LogP contribution is -2.27. The summed E-state index contributed by atoms with van der Waals surface area (Å²) >= 11 is 1.75. The molecule has 1 heterocycles. The number of thiazole rings is 1. The molecule has 0 fully saturated rings. The number of hydrogen-bond acceptors (Lipinski definition) is 5. The van der Waals surface area contributed by atoms with Crippen LogP contribution in [0, 0.1) is 0 Å². The molecule has 0 bridgehead atoms. The van der Waals surface area contributed by atoms with Gasteiger partial charge in [-0.1, -0.05) is 30.3 Å². The number of aryl methyl sites for hydroxylation is 2. The summed E-state index contributed by atoms with van der Waals surface area (Å²) in [4.78, 5) is 6.06. The molecule has 1 aliphatic carbocycles. The van der Waals surface area contributed by atoms with Crippen LogP contribution in [0.5, 0.6) is 0 Å². The SMILES string of the molecule is CS(=O)(=O)CC(NCc1nc2c(s1)CCC2)c1ccccc1. The Bertz CT molecular complexity index is 717. The maximum absolute atomic E-state index is 11.7. The molecule has 0 amide bonds. The summed E-state index contributed by atoms with van der Waals surface area (Å²) in [6.45, 7) is 0.618. The topological polar surface area (TPSA) is 59.1 Å². The predicted octanol–water partition coefficient (Wildman–Crippen LogP) is 2.51. The third-order valence-electron chi connectivity index (χ3n) is 3.81. The fourth-order valence-electron chi connectivity index (χ4n) is 2.79. The van der Waals surface area contributed by atoms with E-state index < -0.39 is 9.84 Å². The molecule has 1 unspecified atom stereocenters. The molecule has 0 saturated heterocycles. The van der Waals surface area contributed by atoms with Crippen LogP contribution >= 0.6 is 11.3 Å². The number of nitrogens with zero attached hydrogens (tertiary/aromatic N) is 1. The van der Waals surface area contributed by atoms with E-state index >= 15 is 0 Å². The molecule has 0 aliphatic heterocycles. The predicted molar refractivity (Wildman–Crippen MR) is 89.9 cm³/mol. The Morgan fingerprint density at radius 3 is 2.73 bits per heavy atom. The van der Waals surface area contributed by atoms with Gasteiger partial charge in [-0.25, -0.2) is 13.4 Å². The largest absolute Gasteiger partial charge is 0.303 e. The average molecular weight is 336 g/mol. The van der Waals surface area contributed by atoms with Crippen molar-refractivity contribution in [1.82, 2.24) is 10.3 Å². The Hall–Kier alpha value is -1.24. The van der Waals surface area contributed by atoms with Gasteiger partial charge in [0.2, 0.25) is 0 Å². The van der Waals surface area contributed by atoms with E-state index in [9.17, 15) is 8.42 Å². The van der Waals surface area contributed by atoms with E-state index in [1.165, 1.54) is 23.2 Å². The van der Waals surface area contributed by atoms with E-state index in [1.807, 2.05) is 30.3 Å². The zero-order valence-corrected chi connectivity index (χ0v) is 14.2. The molecule has 0 spiro atoms. The molecule has 1 atom stereocenters. The molecule has 1 aliphatic rings. The van der Waals surface area contributed by atoms with Crippen molar-refractivity contribution >= 4 is 21.2 Å². The van der Waals surface area contributed by atoms with Crippen LogP contribution in [0.25, 0.3) is 0 Å². The van der Waals surface area contributed by atoms with Crippen LogP contribution in [-0.4, -0.2) is 25.4 Å². The molecule has 22 heavy (non-hydrogen) atoms. The van der Waals surface area contributed by atoms with Crippen molar-refractivity contribution in [1.29, 1.82) is 0 Å². The van der Waals surface area contributed by atoms with Gasteiger partial charge in [-0.2, -0.15) is 0 Å². The lowest BCUT2D eigenvalue weighted by atomic mass is 10.1. The van der Waals surface area contributed by atoms with Crippen molar-refractivity contribution in [2.24, 2.45) is 0 Å². The molecule has 0 radical (unpaired) electrons. The van der Waals surface area contributed by atoms with E-state index in [0.29, 0.717) is 6.54 Å². The molecular formula is C16H20N2O2S2. The molecule has 6 heteroatoms. The van der Waals surface area contributed by atoms with E-state index in [2.05, 4.69) is 10.3 Å². The number of aromatic nitrogens is 1. The monoisotopic (exact) mass is 336 g/mol. The minimum Gasteiger partial charge on any atom is -0.303 e. The molecular weight excluding hydrogens is 316 g/mol. The highest BCUT2D eigenvalue weighted by Crippen LogP contribution is 2.27. The average Bonchev–Trinajstić information content (AvgIpc) is 3.04. The minimum atomic E-state index is -3.05. The van der Waals surface area contributed by atoms with Crippen molar-refractivity contribution in [2.75, 3.05) is 12.0 Å². The fourth-order valence-corrected chi connectivity index (χ4v) is 4.81. The molecule has 4 nitrogen and oxygen atoms in total. The third-order valence-corrected chi connectivity index (χ3v) is 5.91. The van der Waals surface area contributed by atoms with Gasteiger partial charge >= 0.3 is 0 Å². The normalized spacial score (nSPS) is 15.7. The van der Waals surface area contributed by atoms with Gasteiger partial charge in [-0.05, 0) is 24.8 Å². The highest BCUT2D eigenvalue weighted by molar-refractivity contribution is 7.90. The Morgan fingerprint density at radius 1 is 1.27 bits per heavy atom. The Morgan fingerprint density at radius 2 is 2.05 bits per heavy atom. The summed E-state index contributed by atoms with van der Waals surface area (Å²) in [6, 6.07) is 9.53. The van der Waals surface area contributed by atoms with Crippen molar-refractivity contribution in [2.45, 2.75) is 31.8 Å². The third kappa shape index (κ3) is 3.94. The summed E-state index contributed by atoms with van der Waals surface area (Å²) < 4.78 is 23.4. The van der Waals surface area contributed by atoms with Crippen LogP contribution in [0.2, 0.25) is 0 Å². The number of rotatable bonds is 6. The van der Waals surface area contributed by atoms with Crippen molar-refractivity contribution < 1.29 is 8.42 Å². The Labute approximate surface area is 135 Å². The van der Waals surface area contributed by atoms with Gasteiger partial charge in [0.15, 0.2) is 0 Å². The summed E-state index contributed by atoms with van der Waals surface area (Å²) in [5, 5.41) is 4.42. The van der Waals surface area contributed by atoms with Crippen molar-refractivity contribution in [3.8, 4) is 0 Å². The zero-order chi connectivity index (χ0) is 15.6. The first-order valence-corrected chi connectivity index (χ1v) is 10.3. The molecule has 1 aromatic heterocycles. The van der Waals surface area contributed by atoms with E-state index in [-0.39, 0.29) is 11.8 Å². The van der Waals surface area contributed by atoms with Gasteiger partial charge in [0.25, 0.3) is 0 Å². The van der Waals surface area contributed by atoms with Gasteiger partial charge < -0.3 is 5.32 Å². The summed E-state index contributed by atoms with van der Waals surface area (Å²) in [6.07, 6.45) is 4.71. The highest BCUT2D eigenvalue weighted by Gasteiger charge is 2.20. The maximum Gasteiger partial charge on any atom is 0.149 e. The smallest absolute Gasteiger partial charge is 0.149 e. The second kappa shape index (κ2) is 6.48. The van der Waals surface area contributed by atoms with Crippen molar-refractivity contribution in [3.05, 3.63) is 51.5 Å². The molecule has 3 rings (SSSR count). The van der Waals surface area contributed by atoms with Gasteiger partial charge in [0.05, 0.1) is 11.4 Å². The zero-order valence-electron chi connectivity index (χ0n) is 12.6. The van der Waals surface area contributed by atoms with Gasteiger partial charge in [0, 0.05) is 23.7 Å². The molecule has 1 N–H and O–H groups in total. The lowest BCUT2D eigenvalue weighted by Gasteiger charge is -2.17. The standard InChI is InChI=1S/C16H20N2O2S2/c1-22(19,20)11-14(12-6-3-2-4-7-12)17-10-16-18-13-8-5-9-15(13)21-16/h2-4,6-7,14,17H,5,8-11H2,1H3. The van der Waals surface area contributed by atoms with E-state index in [4.69, 9.17) is 0 Å². The fraction of sp³-hybridized carbons (Fsp3) is 0.438. The first kappa shape index (κ1) is 15.6. The van der Waals surface area contributed by atoms with Crippen LogP contribution < -0.4 is 5.32 Å². The number of hydrogen-bond donors (Lipinski definition) is 1. The molecule has 118 valence electrons. The van der Waals surface area contributed by atoms with Crippen LogP contribution in [-0.2, 0) is 29.2 Å². The first-order chi connectivity index (χ1) is 10.5. The second-order valence-electron chi connectivity index (χ2n) is 5.77. The van der Waals surface area contributed by atoms with E-state index in [1.54, 1.807) is 11.3 Å². The minimum absolute atomic E-state index is 0.0993. The second-order valence-corrected chi connectivity index (χ2v) is 9.12. The van der Waals surface area contributed by atoms with Crippen molar-refractivity contribution in [3.63, 3.8) is 0 Å². The van der Waals surface area contributed by atoms with Crippen LogP contribution in [0.1, 0.15) is 33.6 Å². The summed E-state index contributed by atoms with van der Waals surface area (Å²) in [7, 11) is -3.05. The number of benzene rings is 1. The summed E-state index contributed by atoms with van der Waals surface area (Å²) in [5.41, 5.74) is 2.23. The van der Waals surface area contributed by atoms with Crippen LogP contribution in [0.4, 0.5) is 0 Å². The Balaban J connectivity index is 1.72. The summed E-state index contributed by atoms with van der Waals surface area (Å²) in [5.74, 6) is 0.0993.